The number of halogens is 1. The van der Waals surface area contributed by atoms with Crippen LogP contribution in [0.15, 0.2) is 54.6 Å². The van der Waals surface area contributed by atoms with Crippen LogP contribution in [0, 0.1) is 5.82 Å². The lowest BCUT2D eigenvalue weighted by atomic mass is 10.0. The van der Waals surface area contributed by atoms with Crippen molar-refractivity contribution in [2.24, 2.45) is 0 Å². The molecule has 0 aliphatic carbocycles. The van der Waals surface area contributed by atoms with E-state index in [9.17, 15) is 9.18 Å². The molecule has 4 heteroatoms. The number of carbonyl (C=O) groups is 1. The summed E-state index contributed by atoms with van der Waals surface area (Å²) >= 11 is 0. The summed E-state index contributed by atoms with van der Waals surface area (Å²) in [5.41, 5.74) is 2.70. The second-order valence-corrected chi connectivity index (χ2v) is 6.05. The van der Waals surface area contributed by atoms with Gasteiger partial charge in [0.15, 0.2) is 0 Å². The molecule has 0 saturated carbocycles. The molecule has 0 spiro atoms. The van der Waals surface area contributed by atoms with Gasteiger partial charge in [0.25, 0.3) is 5.91 Å². The van der Waals surface area contributed by atoms with E-state index in [0.717, 1.165) is 24.8 Å². The van der Waals surface area contributed by atoms with Crippen molar-refractivity contribution in [3.05, 3.63) is 66.0 Å². The van der Waals surface area contributed by atoms with Crippen LogP contribution in [-0.4, -0.2) is 17.4 Å². The van der Waals surface area contributed by atoms with E-state index in [-0.39, 0.29) is 11.7 Å². The van der Waals surface area contributed by atoms with Crippen LogP contribution in [0.1, 0.15) is 36.5 Å². The Morgan fingerprint density at radius 2 is 1.88 bits per heavy atom. The molecule has 3 nitrogen and oxygen atoms in total. The molecule has 0 fully saturated rings. The molecule has 1 aromatic heterocycles. The van der Waals surface area contributed by atoms with E-state index in [2.05, 4.69) is 17.2 Å². The summed E-state index contributed by atoms with van der Waals surface area (Å²) < 4.78 is 13.7. The third kappa shape index (κ3) is 4.02. The molecule has 25 heavy (non-hydrogen) atoms. The molecule has 128 valence electrons. The SMILES string of the molecule is CCCCCNC(=O)c1cc(-c2ccccc2)nc2ccc(F)cc12. The Labute approximate surface area is 146 Å². The average molecular weight is 336 g/mol. The van der Waals surface area contributed by atoms with Gasteiger partial charge in [-0.15, -0.1) is 0 Å². The minimum Gasteiger partial charge on any atom is -0.352 e. The predicted octanol–water partition coefficient (Wildman–Crippen LogP) is 4.96. The van der Waals surface area contributed by atoms with Crippen molar-refractivity contribution in [3.63, 3.8) is 0 Å². The van der Waals surface area contributed by atoms with E-state index < -0.39 is 0 Å². The van der Waals surface area contributed by atoms with Crippen molar-refractivity contribution in [2.45, 2.75) is 26.2 Å². The van der Waals surface area contributed by atoms with E-state index >= 15 is 0 Å². The molecule has 3 aromatic rings. The van der Waals surface area contributed by atoms with Crippen molar-refractivity contribution in [3.8, 4) is 11.3 Å². The predicted molar refractivity (Wildman–Crippen MR) is 99.0 cm³/mol. The third-order valence-electron chi connectivity index (χ3n) is 4.15. The topological polar surface area (TPSA) is 42.0 Å². The van der Waals surface area contributed by atoms with E-state index in [1.807, 2.05) is 30.3 Å². The van der Waals surface area contributed by atoms with Crippen molar-refractivity contribution in [1.82, 2.24) is 10.3 Å². The number of rotatable bonds is 6. The molecule has 0 bridgehead atoms. The number of carbonyl (C=O) groups excluding carboxylic acids is 1. The van der Waals surface area contributed by atoms with E-state index in [4.69, 9.17) is 0 Å². The van der Waals surface area contributed by atoms with Crippen LogP contribution >= 0.6 is 0 Å². The van der Waals surface area contributed by atoms with Crippen LogP contribution in [0.5, 0.6) is 0 Å². The molecule has 0 saturated heterocycles. The first kappa shape index (κ1) is 17.1. The minimum absolute atomic E-state index is 0.189. The molecule has 1 N–H and O–H groups in total. The van der Waals surface area contributed by atoms with Crippen LogP contribution in [0.4, 0.5) is 4.39 Å². The number of fused-ring (bicyclic) bond motifs is 1. The molecule has 0 atom stereocenters. The molecule has 1 heterocycles. The van der Waals surface area contributed by atoms with Crippen LogP contribution in [0.3, 0.4) is 0 Å². The van der Waals surface area contributed by atoms with Crippen molar-refractivity contribution < 1.29 is 9.18 Å². The normalized spacial score (nSPS) is 10.8. The van der Waals surface area contributed by atoms with Crippen molar-refractivity contribution in [2.75, 3.05) is 6.54 Å². The number of amides is 1. The highest BCUT2D eigenvalue weighted by Crippen LogP contribution is 2.25. The highest BCUT2D eigenvalue weighted by Gasteiger charge is 2.14. The lowest BCUT2D eigenvalue weighted by Crippen LogP contribution is -2.24. The lowest BCUT2D eigenvalue weighted by molar-refractivity contribution is 0.0954. The number of hydrogen-bond donors (Lipinski definition) is 1. The molecular formula is C21H21FN2O. The standard InChI is InChI=1S/C21H21FN2O/c1-2-3-7-12-23-21(25)18-14-20(15-8-5-4-6-9-15)24-19-11-10-16(22)13-17(18)19/h4-6,8-11,13-14H,2-3,7,12H2,1H3,(H,23,25). The molecule has 0 aliphatic heterocycles. The van der Waals surface area contributed by atoms with Gasteiger partial charge >= 0.3 is 0 Å². The molecule has 2 aromatic carbocycles. The number of nitrogens with one attached hydrogen (secondary N) is 1. The van der Waals surface area contributed by atoms with Gasteiger partial charge in [0.2, 0.25) is 0 Å². The van der Waals surface area contributed by atoms with Gasteiger partial charge in [-0.1, -0.05) is 50.1 Å². The Morgan fingerprint density at radius 3 is 2.64 bits per heavy atom. The van der Waals surface area contributed by atoms with Gasteiger partial charge in [-0.2, -0.15) is 0 Å². The Balaban J connectivity index is 2.01. The Hall–Kier alpha value is -2.75. The number of hydrogen-bond acceptors (Lipinski definition) is 2. The summed E-state index contributed by atoms with van der Waals surface area (Å²) in [5.74, 6) is -0.562. The smallest absolute Gasteiger partial charge is 0.252 e. The van der Waals surface area contributed by atoms with Gasteiger partial charge in [0.1, 0.15) is 5.82 Å². The largest absolute Gasteiger partial charge is 0.352 e. The quantitative estimate of drug-likeness (QED) is 0.646. The lowest BCUT2D eigenvalue weighted by Gasteiger charge is -2.11. The third-order valence-corrected chi connectivity index (χ3v) is 4.15. The summed E-state index contributed by atoms with van der Waals surface area (Å²) in [6.07, 6.45) is 3.10. The first-order valence-corrected chi connectivity index (χ1v) is 8.63. The molecule has 0 aliphatic rings. The Morgan fingerprint density at radius 1 is 1.08 bits per heavy atom. The van der Waals surface area contributed by atoms with Gasteiger partial charge in [-0.25, -0.2) is 9.37 Å². The molecule has 0 unspecified atom stereocenters. The van der Waals surface area contributed by atoms with E-state index in [0.29, 0.717) is 28.7 Å². The first-order chi connectivity index (χ1) is 12.2. The van der Waals surface area contributed by atoms with Gasteiger partial charge in [0.05, 0.1) is 16.8 Å². The van der Waals surface area contributed by atoms with Crippen LogP contribution in [0.25, 0.3) is 22.2 Å². The summed E-state index contributed by atoms with van der Waals surface area (Å²) in [7, 11) is 0. The van der Waals surface area contributed by atoms with Gasteiger partial charge in [-0.3, -0.25) is 4.79 Å². The molecule has 3 rings (SSSR count). The second kappa shape index (κ2) is 7.88. The Bertz CT molecular complexity index is 878. The highest BCUT2D eigenvalue weighted by molar-refractivity contribution is 6.07. The summed E-state index contributed by atoms with van der Waals surface area (Å²) in [6, 6.07) is 15.8. The Kier molecular flexibility index (Phi) is 5.39. The maximum Gasteiger partial charge on any atom is 0.252 e. The van der Waals surface area contributed by atoms with E-state index in [1.54, 1.807) is 12.1 Å². The second-order valence-electron chi connectivity index (χ2n) is 6.05. The summed E-state index contributed by atoms with van der Waals surface area (Å²) in [4.78, 5) is 17.2. The summed E-state index contributed by atoms with van der Waals surface area (Å²) in [6.45, 7) is 2.74. The molecular weight excluding hydrogens is 315 g/mol. The van der Waals surface area contributed by atoms with Gasteiger partial charge < -0.3 is 5.32 Å². The van der Waals surface area contributed by atoms with Crippen LogP contribution < -0.4 is 5.32 Å². The minimum atomic E-state index is -0.373. The van der Waals surface area contributed by atoms with Crippen LogP contribution in [-0.2, 0) is 0 Å². The molecule has 0 radical (unpaired) electrons. The van der Waals surface area contributed by atoms with Crippen molar-refractivity contribution in [1.29, 1.82) is 0 Å². The summed E-state index contributed by atoms with van der Waals surface area (Å²) in [5, 5.41) is 3.47. The monoisotopic (exact) mass is 336 g/mol. The zero-order valence-corrected chi connectivity index (χ0v) is 14.3. The maximum absolute atomic E-state index is 13.7. The van der Waals surface area contributed by atoms with E-state index in [1.165, 1.54) is 12.1 Å². The number of pyridine rings is 1. The zero-order valence-electron chi connectivity index (χ0n) is 14.3. The number of aromatic nitrogens is 1. The van der Waals surface area contributed by atoms with Gasteiger partial charge in [-0.05, 0) is 30.7 Å². The van der Waals surface area contributed by atoms with Gasteiger partial charge in [0, 0.05) is 17.5 Å². The molecule has 1 amide bonds. The average Bonchev–Trinajstić information content (AvgIpc) is 2.65. The fourth-order valence-electron chi connectivity index (χ4n) is 2.81. The number of benzene rings is 2. The number of nitrogens with zero attached hydrogens (tertiary/aromatic N) is 1. The van der Waals surface area contributed by atoms with Crippen LogP contribution in [0.2, 0.25) is 0 Å². The first-order valence-electron chi connectivity index (χ1n) is 8.63. The maximum atomic E-state index is 13.7. The fourth-order valence-corrected chi connectivity index (χ4v) is 2.81. The zero-order chi connectivity index (χ0) is 17.6. The fraction of sp³-hybridized carbons (Fsp3) is 0.238. The van der Waals surface area contributed by atoms with Crippen molar-refractivity contribution >= 4 is 16.8 Å². The highest BCUT2D eigenvalue weighted by atomic mass is 19.1. The number of unbranched alkanes of at least 4 members (excludes halogenated alkanes) is 2.